The number of hydrogen-bond acceptors (Lipinski definition) is 2. The van der Waals surface area contributed by atoms with Crippen molar-refractivity contribution in [1.82, 2.24) is 9.80 Å². The second kappa shape index (κ2) is 7.32. The van der Waals surface area contributed by atoms with Crippen molar-refractivity contribution in [2.24, 2.45) is 5.92 Å². The summed E-state index contributed by atoms with van der Waals surface area (Å²) in [5.74, 6) is -0.517. The molecule has 0 bridgehead atoms. The van der Waals surface area contributed by atoms with E-state index in [1.165, 1.54) is 6.07 Å². The van der Waals surface area contributed by atoms with Gasteiger partial charge in [0, 0.05) is 44.1 Å². The molecule has 3 amide bonds. The van der Waals surface area contributed by atoms with Gasteiger partial charge in [-0.15, -0.1) is 0 Å². The fourth-order valence-electron chi connectivity index (χ4n) is 3.69. The van der Waals surface area contributed by atoms with Crippen LogP contribution in [0.25, 0.3) is 0 Å². The lowest BCUT2D eigenvalue weighted by molar-refractivity contribution is -0.123. The quantitative estimate of drug-likeness (QED) is 0.711. The van der Waals surface area contributed by atoms with Gasteiger partial charge in [-0.2, -0.15) is 0 Å². The third-order valence-electron chi connectivity index (χ3n) is 4.97. The van der Waals surface area contributed by atoms with Crippen LogP contribution in [0.2, 0.25) is 0 Å². The number of anilines is 1. The number of benzene rings is 1. The van der Waals surface area contributed by atoms with E-state index in [2.05, 4.69) is 15.9 Å². The number of amides is 3. The lowest BCUT2D eigenvalue weighted by Gasteiger charge is -2.37. The summed E-state index contributed by atoms with van der Waals surface area (Å²) < 4.78 is 15.2. The van der Waals surface area contributed by atoms with Crippen LogP contribution in [-0.4, -0.2) is 55.5 Å². The Morgan fingerprint density at radius 3 is 2.52 bits per heavy atom. The van der Waals surface area contributed by atoms with Crippen molar-refractivity contribution in [2.45, 2.75) is 25.7 Å². The summed E-state index contributed by atoms with van der Waals surface area (Å²) in [6.07, 6.45) is 2.88. The number of urea groups is 1. The number of rotatable bonds is 1. The van der Waals surface area contributed by atoms with E-state index in [-0.39, 0.29) is 23.7 Å². The molecule has 0 saturated carbocycles. The number of aryl methyl sites for hydroxylation is 1. The Hall–Kier alpha value is -1.63. The van der Waals surface area contributed by atoms with E-state index in [1.54, 1.807) is 28.8 Å². The highest BCUT2D eigenvalue weighted by molar-refractivity contribution is 9.10. The number of carbonyl (C=O) groups is 2. The van der Waals surface area contributed by atoms with Crippen LogP contribution in [-0.2, 0) is 11.2 Å². The van der Waals surface area contributed by atoms with Crippen LogP contribution in [0.3, 0.4) is 0 Å². The van der Waals surface area contributed by atoms with Crippen LogP contribution in [0.5, 0.6) is 0 Å². The Balaban J connectivity index is 1.73. The van der Waals surface area contributed by atoms with Gasteiger partial charge in [0.2, 0.25) is 5.91 Å². The van der Waals surface area contributed by atoms with Crippen LogP contribution in [0, 0.1) is 11.7 Å². The van der Waals surface area contributed by atoms with E-state index in [0.717, 1.165) is 18.4 Å². The molecule has 0 radical (unpaired) electrons. The maximum atomic E-state index is 14.5. The molecule has 0 N–H and O–H groups in total. The summed E-state index contributed by atoms with van der Waals surface area (Å²) in [4.78, 5) is 30.0. The molecule has 136 valence electrons. The summed E-state index contributed by atoms with van der Waals surface area (Å²) in [6, 6.07) is 3.30. The van der Waals surface area contributed by atoms with Crippen molar-refractivity contribution in [1.29, 1.82) is 0 Å². The number of halogens is 2. The second-order valence-electron chi connectivity index (χ2n) is 6.93. The Bertz CT molecular complexity index is 687. The van der Waals surface area contributed by atoms with Gasteiger partial charge < -0.3 is 14.7 Å². The molecular weight excluding hydrogens is 389 g/mol. The van der Waals surface area contributed by atoms with E-state index in [0.29, 0.717) is 42.6 Å². The number of hydrogen-bond donors (Lipinski definition) is 0. The molecule has 2 aliphatic heterocycles. The first-order valence-electron chi connectivity index (χ1n) is 8.64. The molecule has 0 atom stereocenters. The van der Waals surface area contributed by atoms with Crippen molar-refractivity contribution in [3.05, 3.63) is 28.0 Å². The van der Waals surface area contributed by atoms with Gasteiger partial charge in [-0.25, -0.2) is 9.18 Å². The van der Waals surface area contributed by atoms with Crippen LogP contribution in [0.15, 0.2) is 16.6 Å². The van der Waals surface area contributed by atoms with Crippen molar-refractivity contribution in [2.75, 3.05) is 38.6 Å². The van der Waals surface area contributed by atoms with Gasteiger partial charge in [0.15, 0.2) is 0 Å². The minimum Gasteiger partial charge on any atom is -0.331 e. The van der Waals surface area contributed by atoms with Gasteiger partial charge in [0.1, 0.15) is 5.82 Å². The lowest BCUT2D eigenvalue weighted by Crippen LogP contribution is -2.48. The lowest BCUT2D eigenvalue weighted by atomic mass is 9.93. The zero-order chi connectivity index (χ0) is 18.1. The predicted octanol–water partition coefficient (Wildman–Crippen LogP) is 3.26. The van der Waals surface area contributed by atoms with Crippen LogP contribution >= 0.6 is 15.9 Å². The Labute approximate surface area is 155 Å². The molecule has 2 aliphatic rings. The minimum atomic E-state index is -0.349. The smallest absolute Gasteiger partial charge is 0.319 e. The number of fused-ring (bicyclic) bond motifs is 1. The average Bonchev–Trinajstić information content (AvgIpc) is 2.59. The highest BCUT2D eigenvalue weighted by Gasteiger charge is 2.34. The average molecular weight is 412 g/mol. The molecule has 2 heterocycles. The number of piperidine rings is 1. The molecular formula is C18H23BrFN3O2. The monoisotopic (exact) mass is 411 g/mol. The first-order chi connectivity index (χ1) is 11.9. The number of likely N-dealkylation sites (tertiary alicyclic amines) is 1. The molecule has 5 nitrogen and oxygen atoms in total. The van der Waals surface area contributed by atoms with Crippen molar-refractivity contribution in [3.8, 4) is 0 Å². The summed E-state index contributed by atoms with van der Waals surface area (Å²) in [5.41, 5.74) is 1.32. The maximum Gasteiger partial charge on any atom is 0.319 e. The first-order valence-corrected chi connectivity index (χ1v) is 9.43. The Kier molecular flexibility index (Phi) is 5.32. The van der Waals surface area contributed by atoms with Crippen molar-refractivity contribution < 1.29 is 14.0 Å². The Morgan fingerprint density at radius 1 is 1.20 bits per heavy atom. The molecule has 0 aromatic heterocycles. The predicted molar refractivity (Wildman–Crippen MR) is 98.2 cm³/mol. The zero-order valence-corrected chi connectivity index (χ0v) is 16.2. The summed E-state index contributed by atoms with van der Waals surface area (Å²) in [6.45, 7) is 1.69. The van der Waals surface area contributed by atoms with E-state index in [9.17, 15) is 14.0 Å². The standard InChI is InChI=1S/C18H23BrFN3O2/c1-21(2)18(25)22-8-5-12(6-9-22)17(24)23-7-3-4-13-10-14(19)11-15(20)16(13)23/h10-12H,3-9H2,1-2H3. The third-order valence-corrected chi connectivity index (χ3v) is 5.43. The SMILES string of the molecule is CN(C)C(=O)N1CCC(C(=O)N2CCCc3cc(Br)cc(F)c32)CC1. The van der Waals surface area contributed by atoms with Gasteiger partial charge >= 0.3 is 6.03 Å². The highest BCUT2D eigenvalue weighted by Crippen LogP contribution is 2.35. The van der Waals surface area contributed by atoms with Gasteiger partial charge in [0.05, 0.1) is 5.69 Å². The second-order valence-corrected chi connectivity index (χ2v) is 7.84. The van der Waals surface area contributed by atoms with Gasteiger partial charge in [-0.1, -0.05) is 15.9 Å². The number of nitrogens with zero attached hydrogens (tertiary/aromatic N) is 3. The van der Waals surface area contributed by atoms with Gasteiger partial charge in [-0.3, -0.25) is 4.79 Å². The molecule has 25 heavy (non-hydrogen) atoms. The molecule has 1 aromatic carbocycles. The first kappa shape index (κ1) is 18.2. The molecule has 3 rings (SSSR count). The van der Waals surface area contributed by atoms with Crippen molar-refractivity contribution >= 4 is 33.6 Å². The largest absolute Gasteiger partial charge is 0.331 e. The van der Waals surface area contributed by atoms with E-state index in [4.69, 9.17) is 0 Å². The maximum absolute atomic E-state index is 14.5. The zero-order valence-electron chi connectivity index (χ0n) is 14.6. The van der Waals surface area contributed by atoms with Crippen LogP contribution in [0.4, 0.5) is 14.9 Å². The molecule has 1 fully saturated rings. The van der Waals surface area contributed by atoms with E-state index < -0.39 is 0 Å². The highest BCUT2D eigenvalue weighted by atomic mass is 79.9. The Morgan fingerprint density at radius 2 is 1.88 bits per heavy atom. The minimum absolute atomic E-state index is 0.0147. The normalized spacial score (nSPS) is 18.1. The topological polar surface area (TPSA) is 43.9 Å². The third kappa shape index (κ3) is 3.66. The van der Waals surface area contributed by atoms with Crippen molar-refractivity contribution in [3.63, 3.8) is 0 Å². The fraction of sp³-hybridized carbons (Fsp3) is 0.556. The number of carbonyl (C=O) groups excluding carboxylic acids is 2. The van der Waals surface area contributed by atoms with Crippen LogP contribution in [0.1, 0.15) is 24.8 Å². The van der Waals surface area contributed by atoms with E-state index >= 15 is 0 Å². The van der Waals surface area contributed by atoms with Crippen LogP contribution < -0.4 is 4.90 Å². The van der Waals surface area contributed by atoms with E-state index in [1.807, 2.05) is 6.07 Å². The molecule has 1 saturated heterocycles. The molecule has 7 heteroatoms. The molecule has 0 unspecified atom stereocenters. The molecule has 1 aromatic rings. The van der Waals surface area contributed by atoms with Gasteiger partial charge in [-0.05, 0) is 43.4 Å². The molecule has 0 spiro atoms. The summed E-state index contributed by atoms with van der Waals surface area (Å²) in [5, 5.41) is 0. The fourth-order valence-corrected chi connectivity index (χ4v) is 4.17. The summed E-state index contributed by atoms with van der Waals surface area (Å²) >= 11 is 3.32. The molecule has 0 aliphatic carbocycles. The summed E-state index contributed by atoms with van der Waals surface area (Å²) in [7, 11) is 3.45. The van der Waals surface area contributed by atoms with Gasteiger partial charge in [0.25, 0.3) is 0 Å².